The third-order valence-electron chi connectivity index (χ3n) is 9.29. The highest BCUT2D eigenvalue weighted by Crippen LogP contribution is 2.29. The Bertz CT molecular complexity index is 1710. The minimum absolute atomic E-state index is 0.310. The maximum Gasteiger partial charge on any atom is 0.339 e. The number of hydrogen-bond donors (Lipinski definition) is 1. The number of hydrazine groups is 1. The normalized spacial score (nSPS) is 13.7. The highest BCUT2D eigenvalue weighted by molar-refractivity contribution is 5.97. The van der Waals surface area contributed by atoms with Crippen molar-refractivity contribution in [2.45, 2.75) is 123 Å². The number of anilines is 1. The van der Waals surface area contributed by atoms with Gasteiger partial charge in [0.25, 0.3) is 0 Å². The molecule has 0 unspecified atom stereocenters. The SMILES string of the molecule is CCCCc1nc2ccc(N(CCCCCC=C=O)NC3CCCCC3)cc2n1Cc1ccc(-c2ccccc2C(=O)OC(C)(C)C)cc1. The first-order valence-corrected chi connectivity index (χ1v) is 18.4. The van der Waals surface area contributed by atoms with Gasteiger partial charge in [0, 0.05) is 25.6 Å². The summed E-state index contributed by atoms with van der Waals surface area (Å²) in [4.78, 5) is 28.7. The van der Waals surface area contributed by atoms with E-state index in [4.69, 9.17) is 9.72 Å². The lowest BCUT2D eigenvalue weighted by atomic mass is 9.96. The first-order chi connectivity index (χ1) is 23.8. The van der Waals surface area contributed by atoms with Gasteiger partial charge in [0.1, 0.15) is 17.4 Å². The lowest BCUT2D eigenvalue weighted by molar-refractivity contribution is 0.00704. The molecule has 0 aliphatic heterocycles. The molecule has 0 radical (unpaired) electrons. The Morgan fingerprint density at radius 2 is 1.78 bits per heavy atom. The van der Waals surface area contributed by atoms with E-state index in [2.05, 4.69) is 64.4 Å². The standard InChI is InChI=1S/C42H54N4O3/c1-5-6-21-40-43-38-27-26-35(46(28-15-8-7-9-16-29-47)44-34-17-11-10-12-18-34)30-39(38)45(40)31-32-22-24-33(25-23-32)36-19-13-14-20-37(36)41(48)49-42(2,3)4/h13-14,16,19-20,22-27,30,34,44H,5-12,15,17-18,21,28,31H2,1-4H3. The summed E-state index contributed by atoms with van der Waals surface area (Å²) in [6.45, 7) is 9.53. The second kappa shape index (κ2) is 17.5. The van der Waals surface area contributed by atoms with E-state index in [1.165, 1.54) is 43.4 Å². The number of fused-ring (bicyclic) bond motifs is 1. The number of hydrogen-bond acceptors (Lipinski definition) is 6. The van der Waals surface area contributed by atoms with Crippen molar-refractivity contribution in [2.24, 2.45) is 0 Å². The molecule has 1 heterocycles. The molecule has 49 heavy (non-hydrogen) atoms. The monoisotopic (exact) mass is 662 g/mol. The lowest BCUT2D eigenvalue weighted by Crippen LogP contribution is -2.46. The number of rotatable bonds is 16. The third kappa shape index (κ3) is 10.2. The van der Waals surface area contributed by atoms with Crippen LogP contribution in [0.25, 0.3) is 22.2 Å². The van der Waals surface area contributed by atoms with Gasteiger partial charge in [-0.05, 0) is 106 Å². The first kappa shape index (κ1) is 36.1. The van der Waals surface area contributed by atoms with E-state index >= 15 is 0 Å². The second-order valence-electron chi connectivity index (χ2n) is 14.4. The van der Waals surface area contributed by atoms with Crippen molar-refractivity contribution in [3.05, 3.63) is 89.8 Å². The number of nitrogens with zero attached hydrogens (tertiary/aromatic N) is 3. The van der Waals surface area contributed by atoms with Crippen molar-refractivity contribution in [2.75, 3.05) is 11.6 Å². The molecular weight excluding hydrogens is 608 g/mol. The van der Waals surface area contributed by atoms with Gasteiger partial charge >= 0.3 is 5.97 Å². The molecule has 7 nitrogen and oxygen atoms in total. The Balaban J connectivity index is 1.41. The van der Waals surface area contributed by atoms with Crippen molar-refractivity contribution in [1.29, 1.82) is 0 Å². The van der Waals surface area contributed by atoms with Crippen molar-refractivity contribution >= 4 is 28.6 Å². The molecule has 1 saturated carbocycles. The Labute approximate surface area is 292 Å². The minimum Gasteiger partial charge on any atom is -0.456 e. The first-order valence-electron chi connectivity index (χ1n) is 18.4. The van der Waals surface area contributed by atoms with Crippen LogP contribution in [0.15, 0.2) is 72.8 Å². The van der Waals surface area contributed by atoms with Crippen LogP contribution in [0.1, 0.15) is 120 Å². The van der Waals surface area contributed by atoms with Gasteiger partial charge in [-0.25, -0.2) is 20.0 Å². The molecule has 3 aromatic carbocycles. The summed E-state index contributed by atoms with van der Waals surface area (Å²) >= 11 is 0. The van der Waals surface area contributed by atoms with Gasteiger partial charge < -0.3 is 14.3 Å². The molecule has 4 aromatic rings. The fourth-order valence-corrected chi connectivity index (χ4v) is 6.72. The van der Waals surface area contributed by atoms with Crippen molar-refractivity contribution < 1.29 is 14.3 Å². The molecule has 7 heteroatoms. The van der Waals surface area contributed by atoms with Crippen LogP contribution in [-0.4, -0.2) is 39.6 Å². The van der Waals surface area contributed by atoms with Crippen LogP contribution in [0.3, 0.4) is 0 Å². The quantitative estimate of drug-likeness (QED) is 0.0557. The zero-order valence-corrected chi connectivity index (χ0v) is 30.0. The topological polar surface area (TPSA) is 76.5 Å². The zero-order valence-electron chi connectivity index (χ0n) is 30.0. The molecular formula is C42H54N4O3. The smallest absolute Gasteiger partial charge is 0.339 e. The molecule has 1 aliphatic rings. The molecule has 0 spiro atoms. The van der Waals surface area contributed by atoms with E-state index in [0.29, 0.717) is 18.2 Å². The van der Waals surface area contributed by atoms with E-state index in [-0.39, 0.29) is 5.97 Å². The lowest BCUT2D eigenvalue weighted by Gasteiger charge is -2.33. The van der Waals surface area contributed by atoms with E-state index in [0.717, 1.165) is 79.5 Å². The maximum absolute atomic E-state index is 13.0. The summed E-state index contributed by atoms with van der Waals surface area (Å²) in [5, 5.41) is 2.37. The number of unbranched alkanes of at least 4 members (excludes halogenated alkanes) is 4. The molecule has 260 valence electrons. The fraction of sp³-hybridized carbons (Fsp3) is 0.476. The summed E-state index contributed by atoms with van der Waals surface area (Å²) in [6, 6.07) is 23.4. The van der Waals surface area contributed by atoms with Crippen LogP contribution in [0.4, 0.5) is 5.69 Å². The van der Waals surface area contributed by atoms with Crippen molar-refractivity contribution in [3.63, 3.8) is 0 Å². The average molecular weight is 663 g/mol. The molecule has 0 amide bonds. The van der Waals surface area contributed by atoms with Crippen LogP contribution in [0.5, 0.6) is 0 Å². The van der Waals surface area contributed by atoms with E-state index in [1.807, 2.05) is 51.0 Å². The number of ether oxygens (including phenoxy) is 1. The van der Waals surface area contributed by atoms with Crippen LogP contribution < -0.4 is 10.4 Å². The Morgan fingerprint density at radius 3 is 2.51 bits per heavy atom. The molecule has 1 aromatic heterocycles. The number of aromatic nitrogens is 2. The van der Waals surface area contributed by atoms with E-state index in [1.54, 1.807) is 6.08 Å². The van der Waals surface area contributed by atoms with E-state index in [9.17, 15) is 9.59 Å². The zero-order chi connectivity index (χ0) is 34.6. The third-order valence-corrected chi connectivity index (χ3v) is 9.29. The number of aryl methyl sites for hydroxylation is 1. The number of allylic oxidation sites excluding steroid dienone is 1. The summed E-state index contributed by atoms with van der Waals surface area (Å²) in [6.07, 6.45) is 14.9. The summed E-state index contributed by atoms with van der Waals surface area (Å²) < 4.78 is 8.10. The van der Waals surface area contributed by atoms with Crippen LogP contribution >= 0.6 is 0 Å². The molecule has 0 bridgehead atoms. The highest BCUT2D eigenvalue weighted by Gasteiger charge is 2.22. The van der Waals surface area contributed by atoms with Gasteiger partial charge in [-0.15, -0.1) is 0 Å². The van der Waals surface area contributed by atoms with Gasteiger partial charge in [0.05, 0.1) is 22.3 Å². The van der Waals surface area contributed by atoms with Crippen molar-refractivity contribution in [3.8, 4) is 11.1 Å². The number of imidazole rings is 1. The highest BCUT2D eigenvalue weighted by atomic mass is 16.6. The Morgan fingerprint density at radius 1 is 1.00 bits per heavy atom. The summed E-state index contributed by atoms with van der Waals surface area (Å²) in [5.74, 6) is 2.71. The van der Waals surface area contributed by atoms with Crippen LogP contribution in [0, 0.1) is 0 Å². The van der Waals surface area contributed by atoms with Crippen LogP contribution in [-0.2, 0) is 22.5 Å². The molecule has 1 fully saturated rings. The van der Waals surface area contributed by atoms with E-state index < -0.39 is 5.60 Å². The minimum atomic E-state index is -0.560. The Kier molecular flexibility index (Phi) is 12.9. The molecule has 5 rings (SSSR count). The number of nitrogens with one attached hydrogen (secondary N) is 1. The van der Waals surface area contributed by atoms with Gasteiger partial charge in [0.2, 0.25) is 0 Å². The molecule has 0 atom stereocenters. The number of carbonyl (C=O) groups excluding carboxylic acids is 2. The second-order valence-corrected chi connectivity index (χ2v) is 14.4. The number of esters is 1. The van der Waals surface area contributed by atoms with Gasteiger partial charge in [-0.3, -0.25) is 0 Å². The molecule has 0 saturated heterocycles. The van der Waals surface area contributed by atoms with Crippen molar-refractivity contribution in [1.82, 2.24) is 15.0 Å². The summed E-state index contributed by atoms with van der Waals surface area (Å²) in [7, 11) is 0. The largest absolute Gasteiger partial charge is 0.456 e. The average Bonchev–Trinajstić information content (AvgIpc) is 3.44. The summed E-state index contributed by atoms with van der Waals surface area (Å²) in [5.41, 5.74) is 10.3. The van der Waals surface area contributed by atoms with Gasteiger partial charge in [0.15, 0.2) is 0 Å². The Hall–Kier alpha value is -4.19. The predicted octanol–water partition coefficient (Wildman–Crippen LogP) is 9.64. The van der Waals surface area contributed by atoms with Crippen LogP contribution in [0.2, 0.25) is 0 Å². The number of carbonyl (C=O) groups is 1. The molecule has 1 N–H and O–H groups in total. The fourth-order valence-electron chi connectivity index (χ4n) is 6.72. The maximum atomic E-state index is 13.0. The predicted molar refractivity (Wildman–Crippen MR) is 201 cm³/mol. The van der Waals surface area contributed by atoms with Gasteiger partial charge in [-0.1, -0.05) is 81.5 Å². The van der Waals surface area contributed by atoms with Gasteiger partial charge in [-0.2, -0.15) is 0 Å². The molecule has 1 aliphatic carbocycles. The number of benzene rings is 3.